The zero-order valence-electron chi connectivity index (χ0n) is 8.23. The standard InChI is InChI=1S/C12H10O2/c1-5-7-3-10(14)12(7)6(2)8-4-9(13)11(5)8/h3-4H2,1-2H3. The largest absolute Gasteiger partial charge is 0.294 e. The van der Waals surface area contributed by atoms with E-state index in [1.54, 1.807) is 0 Å². The summed E-state index contributed by atoms with van der Waals surface area (Å²) in [5.41, 5.74) is 6.12. The Morgan fingerprint density at radius 1 is 0.786 bits per heavy atom. The van der Waals surface area contributed by atoms with Crippen LogP contribution in [0.15, 0.2) is 0 Å². The molecule has 2 nitrogen and oxygen atoms in total. The molecule has 0 saturated heterocycles. The number of hydrogen-bond acceptors (Lipinski definition) is 2. The highest BCUT2D eigenvalue weighted by Gasteiger charge is 2.37. The van der Waals surface area contributed by atoms with Crippen molar-refractivity contribution in [3.63, 3.8) is 0 Å². The van der Waals surface area contributed by atoms with Crippen LogP contribution in [0.1, 0.15) is 43.0 Å². The first-order valence-electron chi connectivity index (χ1n) is 4.82. The molecule has 0 radical (unpaired) electrons. The Bertz CT molecular complexity index is 446. The van der Waals surface area contributed by atoms with Gasteiger partial charge in [0.15, 0.2) is 11.6 Å². The molecule has 0 aromatic heterocycles. The highest BCUT2D eigenvalue weighted by molar-refractivity contribution is 6.15. The molecule has 1 aromatic carbocycles. The first-order chi connectivity index (χ1) is 6.61. The molecule has 0 N–H and O–H groups in total. The molecule has 2 aliphatic carbocycles. The molecule has 0 bridgehead atoms. The van der Waals surface area contributed by atoms with Crippen LogP contribution in [-0.2, 0) is 12.8 Å². The molecular weight excluding hydrogens is 176 g/mol. The lowest BCUT2D eigenvalue weighted by Gasteiger charge is -2.31. The maximum Gasteiger partial charge on any atom is 0.167 e. The summed E-state index contributed by atoms with van der Waals surface area (Å²) in [7, 11) is 0. The Labute approximate surface area is 81.9 Å². The van der Waals surface area contributed by atoms with Crippen LogP contribution >= 0.6 is 0 Å². The topological polar surface area (TPSA) is 34.1 Å². The first-order valence-corrected chi connectivity index (χ1v) is 4.82. The van der Waals surface area contributed by atoms with Crippen LogP contribution in [0, 0.1) is 13.8 Å². The second-order valence-corrected chi connectivity index (χ2v) is 4.16. The number of rotatable bonds is 0. The minimum Gasteiger partial charge on any atom is -0.294 e. The van der Waals surface area contributed by atoms with Crippen LogP contribution in [-0.4, -0.2) is 11.6 Å². The summed E-state index contributed by atoms with van der Waals surface area (Å²) in [6.45, 7) is 3.92. The zero-order valence-corrected chi connectivity index (χ0v) is 8.23. The molecule has 2 aliphatic rings. The third kappa shape index (κ3) is 0.649. The van der Waals surface area contributed by atoms with Crippen molar-refractivity contribution in [1.29, 1.82) is 0 Å². The number of hydrogen-bond donors (Lipinski definition) is 0. The Balaban J connectivity index is 2.41. The molecule has 0 saturated carbocycles. The van der Waals surface area contributed by atoms with Crippen molar-refractivity contribution in [2.75, 3.05) is 0 Å². The fraction of sp³-hybridized carbons (Fsp3) is 0.333. The maximum absolute atomic E-state index is 11.4. The maximum atomic E-state index is 11.4. The zero-order chi connectivity index (χ0) is 10.0. The summed E-state index contributed by atoms with van der Waals surface area (Å²) in [5, 5.41) is 0. The van der Waals surface area contributed by atoms with Crippen molar-refractivity contribution >= 4 is 11.6 Å². The van der Waals surface area contributed by atoms with Gasteiger partial charge in [-0.15, -0.1) is 0 Å². The van der Waals surface area contributed by atoms with E-state index in [0.717, 1.165) is 33.4 Å². The van der Waals surface area contributed by atoms with Gasteiger partial charge >= 0.3 is 0 Å². The number of benzene rings is 1. The summed E-state index contributed by atoms with van der Waals surface area (Å²) in [4.78, 5) is 22.8. The Morgan fingerprint density at radius 2 is 1.14 bits per heavy atom. The SMILES string of the molecule is Cc1c2c(c(C)c3c1C(=O)C3)C(=O)C2. The van der Waals surface area contributed by atoms with Crippen molar-refractivity contribution in [2.24, 2.45) is 0 Å². The van der Waals surface area contributed by atoms with Crippen LogP contribution < -0.4 is 0 Å². The lowest BCUT2D eigenvalue weighted by molar-refractivity contribution is 0.0945. The van der Waals surface area contributed by atoms with Gasteiger partial charge in [0.25, 0.3) is 0 Å². The van der Waals surface area contributed by atoms with Gasteiger partial charge < -0.3 is 0 Å². The molecule has 1 aromatic rings. The van der Waals surface area contributed by atoms with Crippen molar-refractivity contribution in [3.8, 4) is 0 Å². The Kier molecular flexibility index (Phi) is 1.21. The van der Waals surface area contributed by atoms with Gasteiger partial charge in [0.05, 0.1) is 0 Å². The van der Waals surface area contributed by atoms with Crippen molar-refractivity contribution < 1.29 is 9.59 Å². The fourth-order valence-corrected chi connectivity index (χ4v) is 2.61. The number of ketones is 2. The molecule has 3 rings (SSSR count). The van der Waals surface area contributed by atoms with E-state index in [1.165, 1.54) is 0 Å². The van der Waals surface area contributed by atoms with Crippen molar-refractivity contribution in [1.82, 2.24) is 0 Å². The molecule has 0 unspecified atom stereocenters. The van der Waals surface area contributed by atoms with Crippen molar-refractivity contribution in [2.45, 2.75) is 26.7 Å². The Morgan fingerprint density at radius 3 is 1.43 bits per heavy atom. The van der Waals surface area contributed by atoms with E-state index in [4.69, 9.17) is 0 Å². The van der Waals surface area contributed by atoms with Gasteiger partial charge in [-0.2, -0.15) is 0 Å². The molecule has 0 heterocycles. The van der Waals surface area contributed by atoms with E-state index in [-0.39, 0.29) is 11.6 Å². The summed E-state index contributed by atoms with van der Waals surface area (Å²) < 4.78 is 0. The van der Waals surface area contributed by atoms with E-state index in [0.29, 0.717) is 12.8 Å². The van der Waals surface area contributed by atoms with Gasteiger partial charge in [-0.05, 0) is 36.1 Å². The molecule has 0 atom stereocenters. The first kappa shape index (κ1) is 7.92. The van der Waals surface area contributed by atoms with Crippen LogP contribution in [0.4, 0.5) is 0 Å². The summed E-state index contributed by atoms with van der Waals surface area (Å²) in [5.74, 6) is 0.477. The van der Waals surface area contributed by atoms with Crippen LogP contribution in [0.3, 0.4) is 0 Å². The average Bonchev–Trinajstić information content (AvgIpc) is 2.07. The third-order valence-electron chi connectivity index (χ3n) is 3.49. The summed E-state index contributed by atoms with van der Waals surface area (Å²) in [6.07, 6.45) is 1.06. The predicted octanol–water partition coefficient (Wildman–Crippen LogP) is 1.78. The van der Waals surface area contributed by atoms with E-state index in [1.807, 2.05) is 13.8 Å². The third-order valence-corrected chi connectivity index (χ3v) is 3.49. The highest BCUT2D eigenvalue weighted by atomic mass is 16.1. The number of Topliss-reactive ketones (excluding diaryl/α,β-unsaturated/α-hetero) is 2. The van der Waals surface area contributed by atoms with E-state index in [9.17, 15) is 9.59 Å². The second kappa shape index (κ2) is 2.14. The predicted molar refractivity (Wildman–Crippen MR) is 52.0 cm³/mol. The second-order valence-electron chi connectivity index (χ2n) is 4.16. The smallest absolute Gasteiger partial charge is 0.167 e. The summed E-state index contributed by atoms with van der Waals surface area (Å²) >= 11 is 0. The Hall–Kier alpha value is -1.44. The van der Waals surface area contributed by atoms with Gasteiger partial charge in [0.2, 0.25) is 0 Å². The van der Waals surface area contributed by atoms with E-state index < -0.39 is 0 Å². The molecule has 0 spiro atoms. The van der Waals surface area contributed by atoms with Crippen LogP contribution in [0.5, 0.6) is 0 Å². The summed E-state index contributed by atoms with van der Waals surface area (Å²) in [6, 6.07) is 0. The molecule has 0 amide bonds. The van der Waals surface area contributed by atoms with Gasteiger partial charge in [-0.3, -0.25) is 9.59 Å². The number of carbonyl (C=O) groups excluding carboxylic acids is 2. The van der Waals surface area contributed by atoms with Crippen LogP contribution in [0.2, 0.25) is 0 Å². The number of fused-ring (bicyclic) bond motifs is 2. The van der Waals surface area contributed by atoms with Crippen LogP contribution in [0.25, 0.3) is 0 Å². The minimum atomic E-state index is 0.239. The molecule has 14 heavy (non-hydrogen) atoms. The monoisotopic (exact) mass is 186 g/mol. The van der Waals surface area contributed by atoms with E-state index >= 15 is 0 Å². The average molecular weight is 186 g/mol. The van der Waals surface area contributed by atoms with Gasteiger partial charge in [0, 0.05) is 24.0 Å². The quantitative estimate of drug-likeness (QED) is 0.619. The van der Waals surface area contributed by atoms with Crippen molar-refractivity contribution in [3.05, 3.63) is 33.4 Å². The molecule has 2 heteroatoms. The van der Waals surface area contributed by atoms with Gasteiger partial charge in [-0.1, -0.05) is 0 Å². The number of carbonyl (C=O) groups is 2. The van der Waals surface area contributed by atoms with Gasteiger partial charge in [0.1, 0.15) is 0 Å². The normalized spacial score (nSPS) is 17.0. The van der Waals surface area contributed by atoms with Gasteiger partial charge in [-0.25, -0.2) is 0 Å². The lowest BCUT2D eigenvalue weighted by atomic mass is 9.70. The van der Waals surface area contributed by atoms with E-state index in [2.05, 4.69) is 0 Å². The molecule has 0 aliphatic heterocycles. The fourth-order valence-electron chi connectivity index (χ4n) is 2.61. The molecule has 0 fully saturated rings. The molecule has 70 valence electrons. The minimum absolute atomic E-state index is 0.239. The lowest BCUT2D eigenvalue weighted by Crippen LogP contribution is -2.31. The molecular formula is C12H10O2. The highest BCUT2D eigenvalue weighted by Crippen LogP contribution is 2.39.